The highest BCUT2D eigenvalue weighted by atomic mass is 16.5. The molecule has 4 heteroatoms. The van der Waals surface area contributed by atoms with Crippen molar-refractivity contribution in [3.63, 3.8) is 0 Å². The molecule has 0 bridgehead atoms. The van der Waals surface area contributed by atoms with Gasteiger partial charge in [-0.2, -0.15) is 0 Å². The normalized spacial score (nSPS) is 27.3. The van der Waals surface area contributed by atoms with Gasteiger partial charge in [-0.25, -0.2) is 0 Å². The predicted octanol–water partition coefficient (Wildman–Crippen LogP) is 2.10. The maximum absolute atomic E-state index is 5.84. The summed E-state index contributed by atoms with van der Waals surface area (Å²) in [5.41, 5.74) is 2.39. The number of nitrogens with zero attached hydrogens (tertiary/aromatic N) is 1. The lowest BCUT2D eigenvalue weighted by molar-refractivity contribution is -0.0528. The molecule has 104 valence electrons. The molecule has 0 radical (unpaired) electrons. The number of fused-ring (bicyclic) bond motifs is 1. The third kappa shape index (κ3) is 2.69. The molecule has 0 spiro atoms. The second kappa shape index (κ2) is 5.39. The summed E-state index contributed by atoms with van der Waals surface area (Å²) in [4.78, 5) is 2.47. The lowest BCUT2D eigenvalue weighted by Crippen LogP contribution is -2.46. The zero-order valence-corrected chi connectivity index (χ0v) is 11.7. The Bertz CT molecular complexity index is 450. The van der Waals surface area contributed by atoms with Crippen molar-refractivity contribution in [2.24, 2.45) is 0 Å². The van der Waals surface area contributed by atoms with Crippen LogP contribution in [0.5, 0.6) is 5.75 Å². The third-order valence-corrected chi connectivity index (χ3v) is 3.87. The first-order valence-electron chi connectivity index (χ1n) is 7.08. The van der Waals surface area contributed by atoms with Crippen LogP contribution in [0.2, 0.25) is 0 Å². The van der Waals surface area contributed by atoms with Crippen molar-refractivity contribution in [2.45, 2.75) is 32.5 Å². The van der Waals surface area contributed by atoms with Crippen LogP contribution in [0, 0.1) is 0 Å². The van der Waals surface area contributed by atoms with Crippen LogP contribution < -0.4 is 10.1 Å². The van der Waals surface area contributed by atoms with Crippen LogP contribution in [0.25, 0.3) is 0 Å². The van der Waals surface area contributed by atoms with Gasteiger partial charge < -0.3 is 14.8 Å². The van der Waals surface area contributed by atoms with Gasteiger partial charge in [-0.3, -0.25) is 4.90 Å². The van der Waals surface area contributed by atoms with E-state index in [1.165, 1.54) is 5.56 Å². The molecule has 0 saturated carbocycles. The van der Waals surface area contributed by atoms with Gasteiger partial charge in [0.1, 0.15) is 12.4 Å². The summed E-state index contributed by atoms with van der Waals surface area (Å²) in [5, 5.41) is 3.39. The van der Waals surface area contributed by atoms with E-state index in [1.54, 1.807) is 0 Å². The molecule has 1 N–H and O–H groups in total. The van der Waals surface area contributed by atoms with Gasteiger partial charge >= 0.3 is 0 Å². The van der Waals surface area contributed by atoms with Crippen LogP contribution >= 0.6 is 0 Å². The van der Waals surface area contributed by atoms with Crippen LogP contribution in [-0.4, -0.2) is 43.3 Å². The van der Waals surface area contributed by atoms with Crippen LogP contribution in [0.3, 0.4) is 0 Å². The number of morpholine rings is 1. The lowest BCUT2D eigenvalue weighted by Gasteiger charge is -2.37. The molecule has 1 saturated heterocycles. The molecule has 2 heterocycles. The summed E-state index contributed by atoms with van der Waals surface area (Å²) in [5.74, 6) is 1.03. The molecule has 2 unspecified atom stereocenters. The number of para-hydroxylation sites is 1. The van der Waals surface area contributed by atoms with E-state index in [1.807, 2.05) is 0 Å². The topological polar surface area (TPSA) is 33.7 Å². The van der Waals surface area contributed by atoms with E-state index in [2.05, 4.69) is 42.3 Å². The average Bonchev–Trinajstić information content (AvgIpc) is 2.43. The van der Waals surface area contributed by atoms with E-state index in [9.17, 15) is 0 Å². The monoisotopic (exact) mass is 262 g/mol. The van der Waals surface area contributed by atoms with E-state index in [0.29, 0.717) is 12.1 Å². The smallest absolute Gasteiger partial charge is 0.146 e. The van der Waals surface area contributed by atoms with Gasteiger partial charge in [-0.15, -0.1) is 0 Å². The third-order valence-electron chi connectivity index (χ3n) is 3.87. The molecule has 2 aliphatic heterocycles. The fourth-order valence-electron chi connectivity index (χ4n) is 2.77. The molecule has 0 aromatic heterocycles. The van der Waals surface area contributed by atoms with Crippen LogP contribution in [0.1, 0.15) is 19.4 Å². The molecule has 1 aromatic rings. The van der Waals surface area contributed by atoms with Crippen LogP contribution in [0.4, 0.5) is 5.69 Å². The van der Waals surface area contributed by atoms with E-state index in [4.69, 9.17) is 9.47 Å². The highest BCUT2D eigenvalue weighted by molar-refractivity contribution is 5.61. The zero-order chi connectivity index (χ0) is 13.2. The molecular weight excluding hydrogens is 240 g/mol. The molecule has 0 aliphatic carbocycles. The van der Waals surface area contributed by atoms with E-state index >= 15 is 0 Å². The minimum Gasteiger partial charge on any atom is -0.489 e. The molecule has 2 aliphatic rings. The first-order valence-corrected chi connectivity index (χ1v) is 7.08. The van der Waals surface area contributed by atoms with Gasteiger partial charge in [0.2, 0.25) is 0 Å². The van der Waals surface area contributed by atoms with Gasteiger partial charge in [0.25, 0.3) is 0 Å². The molecule has 0 amide bonds. The lowest BCUT2D eigenvalue weighted by atomic mass is 10.1. The fourth-order valence-corrected chi connectivity index (χ4v) is 2.77. The van der Waals surface area contributed by atoms with Gasteiger partial charge in [0.15, 0.2) is 0 Å². The quantitative estimate of drug-likeness (QED) is 0.885. The van der Waals surface area contributed by atoms with E-state index < -0.39 is 0 Å². The largest absolute Gasteiger partial charge is 0.489 e. The second-order valence-electron chi connectivity index (χ2n) is 5.49. The van der Waals surface area contributed by atoms with Crippen LogP contribution in [0.15, 0.2) is 18.2 Å². The summed E-state index contributed by atoms with van der Waals surface area (Å²) in [6, 6.07) is 6.82. The Hall–Kier alpha value is -1.26. The first-order chi connectivity index (χ1) is 9.24. The maximum atomic E-state index is 5.84. The fraction of sp³-hybridized carbons (Fsp3) is 0.600. The van der Waals surface area contributed by atoms with Crippen molar-refractivity contribution in [3.8, 4) is 5.75 Å². The van der Waals surface area contributed by atoms with Crippen LogP contribution in [-0.2, 0) is 11.3 Å². The van der Waals surface area contributed by atoms with Crippen molar-refractivity contribution in [1.29, 1.82) is 0 Å². The second-order valence-corrected chi connectivity index (χ2v) is 5.49. The van der Waals surface area contributed by atoms with Crippen molar-refractivity contribution < 1.29 is 9.47 Å². The summed E-state index contributed by atoms with van der Waals surface area (Å²) < 4.78 is 11.5. The van der Waals surface area contributed by atoms with Gasteiger partial charge in [0, 0.05) is 31.2 Å². The Morgan fingerprint density at radius 2 is 2.26 bits per heavy atom. The average molecular weight is 262 g/mol. The van der Waals surface area contributed by atoms with Crippen molar-refractivity contribution in [2.75, 3.05) is 31.6 Å². The van der Waals surface area contributed by atoms with Crippen molar-refractivity contribution in [1.82, 2.24) is 4.90 Å². The van der Waals surface area contributed by atoms with Crippen molar-refractivity contribution >= 4 is 5.69 Å². The number of benzene rings is 1. The Morgan fingerprint density at radius 1 is 1.37 bits per heavy atom. The summed E-state index contributed by atoms with van der Waals surface area (Å²) in [6.45, 7) is 8.73. The Balaban J connectivity index is 1.79. The van der Waals surface area contributed by atoms with Crippen molar-refractivity contribution in [3.05, 3.63) is 23.8 Å². The molecule has 4 nitrogen and oxygen atoms in total. The molecule has 1 fully saturated rings. The van der Waals surface area contributed by atoms with E-state index in [0.717, 1.165) is 44.3 Å². The highest BCUT2D eigenvalue weighted by Crippen LogP contribution is 2.32. The summed E-state index contributed by atoms with van der Waals surface area (Å²) >= 11 is 0. The standard InChI is InChI=1S/C15H22N2O2/c1-11-10-19-12(2)8-17(11)9-13-4-3-5-14-15(13)18-7-6-16-14/h3-5,11-12,16H,6-10H2,1-2H3. The zero-order valence-electron chi connectivity index (χ0n) is 11.7. The number of rotatable bonds is 2. The summed E-state index contributed by atoms with van der Waals surface area (Å²) in [7, 11) is 0. The molecule has 19 heavy (non-hydrogen) atoms. The summed E-state index contributed by atoms with van der Waals surface area (Å²) in [6.07, 6.45) is 0.315. The van der Waals surface area contributed by atoms with Gasteiger partial charge in [-0.05, 0) is 19.9 Å². The number of anilines is 1. The highest BCUT2D eigenvalue weighted by Gasteiger charge is 2.25. The number of nitrogens with one attached hydrogen (secondary N) is 1. The Kier molecular flexibility index (Phi) is 3.62. The number of ether oxygens (including phenoxy) is 2. The molecule has 2 atom stereocenters. The molecule has 1 aromatic carbocycles. The SMILES string of the molecule is CC1CN(Cc2cccc3c2OCCN3)C(C)CO1. The molecular formula is C15H22N2O2. The van der Waals surface area contributed by atoms with Gasteiger partial charge in [-0.1, -0.05) is 12.1 Å². The minimum absolute atomic E-state index is 0.315. The predicted molar refractivity (Wildman–Crippen MR) is 75.7 cm³/mol. The molecule has 3 rings (SSSR count). The maximum Gasteiger partial charge on any atom is 0.146 e. The minimum atomic E-state index is 0.315. The Labute approximate surface area is 114 Å². The van der Waals surface area contributed by atoms with Gasteiger partial charge in [0.05, 0.1) is 18.4 Å². The first kappa shape index (κ1) is 12.8. The van der Waals surface area contributed by atoms with E-state index in [-0.39, 0.29) is 0 Å². The Morgan fingerprint density at radius 3 is 3.16 bits per heavy atom. The number of hydrogen-bond donors (Lipinski definition) is 1. The number of hydrogen-bond acceptors (Lipinski definition) is 4.